The van der Waals surface area contributed by atoms with Crippen molar-refractivity contribution in [2.45, 2.75) is 37.3 Å². The highest BCUT2D eigenvalue weighted by Gasteiger charge is 2.43. The van der Waals surface area contributed by atoms with Gasteiger partial charge in [-0.15, -0.1) is 0 Å². The molecule has 106 valence electrons. The highest BCUT2D eigenvalue weighted by molar-refractivity contribution is 9.10. The van der Waals surface area contributed by atoms with E-state index < -0.39 is 22.9 Å². The molecule has 0 amide bonds. The number of nitrogens with two attached hydrogens (primary N) is 1. The summed E-state index contributed by atoms with van der Waals surface area (Å²) in [5.74, 6) is -0.402. The molecule has 0 saturated heterocycles. The van der Waals surface area contributed by atoms with Gasteiger partial charge >= 0.3 is 6.18 Å². The van der Waals surface area contributed by atoms with Crippen LogP contribution in [-0.4, -0.2) is 11.7 Å². The molecule has 0 heterocycles. The summed E-state index contributed by atoms with van der Waals surface area (Å²) in [6, 6.07) is 2.16. The zero-order chi connectivity index (χ0) is 14.3. The third kappa shape index (κ3) is 2.60. The van der Waals surface area contributed by atoms with Crippen molar-refractivity contribution in [1.82, 2.24) is 0 Å². The van der Waals surface area contributed by atoms with Crippen molar-refractivity contribution >= 4 is 15.9 Å². The molecule has 1 aromatic rings. The molecule has 2 rings (SSSR count). The summed E-state index contributed by atoms with van der Waals surface area (Å²) in [6.07, 6.45) is -1.41. The van der Waals surface area contributed by atoms with Crippen LogP contribution in [0.3, 0.4) is 0 Å². The average Bonchev–Trinajstić information content (AvgIpc) is 2.80. The van der Waals surface area contributed by atoms with Crippen LogP contribution in [0, 0.1) is 0 Å². The molecule has 19 heavy (non-hydrogen) atoms. The third-order valence-corrected chi connectivity index (χ3v) is 4.55. The van der Waals surface area contributed by atoms with E-state index in [4.69, 9.17) is 5.73 Å². The van der Waals surface area contributed by atoms with Crippen LogP contribution in [-0.2, 0) is 11.6 Å². The summed E-state index contributed by atoms with van der Waals surface area (Å²) in [4.78, 5) is 0. The Balaban J connectivity index is 2.64. The minimum Gasteiger partial charge on any atom is -0.507 e. The van der Waals surface area contributed by atoms with Gasteiger partial charge in [0.15, 0.2) is 0 Å². The summed E-state index contributed by atoms with van der Waals surface area (Å²) in [5, 5.41) is 9.51. The summed E-state index contributed by atoms with van der Waals surface area (Å²) < 4.78 is 39.7. The van der Waals surface area contributed by atoms with Gasteiger partial charge in [0.2, 0.25) is 0 Å². The minimum atomic E-state index is -4.49. The van der Waals surface area contributed by atoms with E-state index in [1.807, 2.05) is 0 Å². The van der Waals surface area contributed by atoms with E-state index in [1.165, 1.54) is 6.07 Å². The molecule has 0 bridgehead atoms. The quantitative estimate of drug-likeness (QED) is 0.858. The second kappa shape index (κ2) is 4.98. The van der Waals surface area contributed by atoms with Crippen LogP contribution < -0.4 is 5.73 Å². The number of rotatable bonds is 2. The fourth-order valence-corrected chi connectivity index (χ4v) is 3.21. The Kier molecular flexibility index (Phi) is 3.84. The van der Waals surface area contributed by atoms with E-state index in [2.05, 4.69) is 15.9 Å². The Morgan fingerprint density at radius 1 is 1.26 bits per heavy atom. The van der Waals surface area contributed by atoms with Crippen LogP contribution in [0.25, 0.3) is 0 Å². The Hall–Kier alpha value is -0.750. The van der Waals surface area contributed by atoms with Crippen LogP contribution >= 0.6 is 15.9 Å². The molecule has 1 saturated carbocycles. The molecule has 0 aliphatic heterocycles. The highest BCUT2D eigenvalue weighted by atomic mass is 79.9. The van der Waals surface area contributed by atoms with Gasteiger partial charge in [-0.3, -0.25) is 0 Å². The van der Waals surface area contributed by atoms with E-state index in [0.717, 1.165) is 18.9 Å². The van der Waals surface area contributed by atoms with Crippen molar-refractivity contribution in [2.24, 2.45) is 5.73 Å². The molecule has 1 fully saturated rings. The average molecular weight is 338 g/mol. The third-order valence-electron chi connectivity index (χ3n) is 3.92. The van der Waals surface area contributed by atoms with Gasteiger partial charge in [0.1, 0.15) is 5.75 Å². The summed E-state index contributed by atoms with van der Waals surface area (Å²) in [5.41, 5.74) is 4.55. The predicted molar refractivity (Wildman–Crippen MR) is 70.0 cm³/mol. The van der Waals surface area contributed by atoms with Crippen molar-refractivity contribution in [3.8, 4) is 5.75 Å². The predicted octanol–water partition coefficient (Wildman–Crippen LogP) is 3.94. The normalized spacial score (nSPS) is 18.8. The van der Waals surface area contributed by atoms with Crippen molar-refractivity contribution in [1.29, 1.82) is 0 Å². The molecule has 0 radical (unpaired) electrons. The Labute approximate surface area is 117 Å². The van der Waals surface area contributed by atoms with Crippen molar-refractivity contribution in [3.63, 3.8) is 0 Å². The topological polar surface area (TPSA) is 46.2 Å². The first-order valence-corrected chi connectivity index (χ1v) is 6.90. The smallest absolute Gasteiger partial charge is 0.416 e. The van der Waals surface area contributed by atoms with Crippen LogP contribution in [0.5, 0.6) is 5.75 Å². The fourth-order valence-electron chi connectivity index (χ4n) is 2.87. The Bertz CT molecular complexity index is 482. The van der Waals surface area contributed by atoms with Gasteiger partial charge in [-0.2, -0.15) is 13.2 Å². The van der Waals surface area contributed by atoms with Gasteiger partial charge < -0.3 is 10.8 Å². The highest BCUT2D eigenvalue weighted by Crippen LogP contribution is 2.47. The number of phenolic OH excluding ortho intramolecular Hbond substituents is 1. The van der Waals surface area contributed by atoms with Gasteiger partial charge in [-0.1, -0.05) is 12.8 Å². The van der Waals surface area contributed by atoms with E-state index in [1.54, 1.807) is 0 Å². The van der Waals surface area contributed by atoms with E-state index in [0.29, 0.717) is 12.8 Å². The lowest BCUT2D eigenvalue weighted by molar-refractivity contribution is -0.138. The zero-order valence-corrected chi connectivity index (χ0v) is 11.8. The van der Waals surface area contributed by atoms with Crippen LogP contribution in [0.2, 0.25) is 0 Å². The van der Waals surface area contributed by atoms with Gasteiger partial charge in [-0.25, -0.2) is 0 Å². The maximum Gasteiger partial charge on any atom is 0.416 e. The molecular formula is C13H15BrF3NO. The van der Waals surface area contributed by atoms with E-state index in [-0.39, 0.29) is 16.6 Å². The summed E-state index contributed by atoms with van der Waals surface area (Å²) in [7, 11) is 0. The van der Waals surface area contributed by atoms with Crippen molar-refractivity contribution in [2.75, 3.05) is 6.54 Å². The Morgan fingerprint density at radius 2 is 1.84 bits per heavy atom. The van der Waals surface area contributed by atoms with Crippen LogP contribution in [0.4, 0.5) is 13.2 Å². The van der Waals surface area contributed by atoms with Crippen molar-refractivity contribution in [3.05, 3.63) is 27.7 Å². The minimum absolute atomic E-state index is 0.188. The first-order valence-electron chi connectivity index (χ1n) is 6.10. The zero-order valence-electron chi connectivity index (χ0n) is 10.2. The first-order chi connectivity index (χ1) is 8.80. The molecule has 3 N–H and O–H groups in total. The lowest BCUT2D eigenvalue weighted by Gasteiger charge is -2.31. The molecule has 1 aromatic carbocycles. The van der Waals surface area contributed by atoms with E-state index >= 15 is 0 Å². The number of alkyl halides is 3. The first kappa shape index (κ1) is 14.7. The summed E-state index contributed by atoms with van der Waals surface area (Å²) >= 11 is 3.09. The summed E-state index contributed by atoms with van der Waals surface area (Å²) in [6.45, 7) is 0.188. The molecule has 6 heteroatoms. The number of hydrogen-bond acceptors (Lipinski definition) is 2. The molecule has 0 spiro atoms. The maximum absolute atomic E-state index is 13.2. The standard InChI is InChI=1S/C13H15BrF3NO/c14-10-5-8(12(7-18)3-1-2-4-12)9(6-11(10)19)13(15,16)17/h5-6,19H,1-4,7,18H2. The van der Waals surface area contributed by atoms with Gasteiger partial charge in [-0.05, 0) is 46.5 Å². The lowest BCUT2D eigenvalue weighted by Crippen LogP contribution is -2.34. The molecule has 0 atom stereocenters. The lowest BCUT2D eigenvalue weighted by atomic mass is 9.76. The van der Waals surface area contributed by atoms with Gasteiger partial charge in [0.25, 0.3) is 0 Å². The monoisotopic (exact) mass is 337 g/mol. The molecule has 0 aromatic heterocycles. The maximum atomic E-state index is 13.2. The molecule has 1 aliphatic carbocycles. The molecular weight excluding hydrogens is 323 g/mol. The largest absolute Gasteiger partial charge is 0.507 e. The number of phenols is 1. The Morgan fingerprint density at radius 3 is 2.32 bits per heavy atom. The fraction of sp³-hybridized carbons (Fsp3) is 0.538. The number of aromatic hydroxyl groups is 1. The number of benzene rings is 1. The molecule has 1 aliphatic rings. The number of hydrogen-bond donors (Lipinski definition) is 2. The van der Waals surface area contributed by atoms with Crippen molar-refractivity contribution < 1.29 is 18.3 Å². The van der Waals surface area contributed by atoms with Gasteiger partial charge in [0.05, 0.1) is 10.0 Å². The van der Waals surface area contributed by atoms with Crippen LogP contribution in [0.15, 0.2) is 16.6 Å². The van der Waals surface area contributed by atoms with Crippen LogP contribution in [0.1, 0.15) is 36.8 Å². The molecule has 0 unspecified atom stereocenters. The second-order valence-electron chi connectivity index (χ2n) is 5.04. The number of halogens is 4. The van der Waals surface area contributed by atoms with E-state index in [9.17, 15) is 18.3 Å². The SMILES string of the molecule is NCC1(c2cc(Br)c(O)cc2C(F)(F)F)CCCC1. The molecule has 2 nitrogen and oxygen atoms in total. The van der Waals surface area contributed by atoms with Gasteiger partial charge in [0, 0.05) is 12.0 Å². The second-order valence-corrected chi connectivity index (χ2v) is 5.89.